The number of para-hydroxylation sites is 2. The van der Waals surface area contributed by atoms with Crippen molar-refractivity contribution in [3.8, 4) is 17.1 Å². The van der Waals surface area contributed by atoms with E-state index in [1.165, 1.54) is 6.21 Å². The normalized spacial score (nSPS) is 11.2. The zero-order chi connectivity index (χ0) is 17.9. The molecule has 7 heteroatoms. The first-order valence-corrected chi connectivity index (χ1v) is 7.93. The van der Waals surface area contributed by atoms with E-state index in [1.807, 2.05) is 66.9 Å². The fourth-order valence-electron chi connectivity index (χ4n) is 2.65. The largest absolute Gasteiger partial charge is 0.454 e. The van der Waals surface area contributed by atoms with Gasteiger partial charge >= 0.3 is 6.03 Å². The highest BCUT2D eigenvalue weighted by atomic mass is 16.3. The third kappa shape index (κ3) is 3.05. The Labute approximate surface area is 148 Å². The van der Waals surface area contributed by atoms with E-state index in [9.17, 15) is 4.79 Å². The van der Waals surface area contributed by atoms with Crippen LogP contribution in [-0.4, -0.2) is 22.0 Å². The van der Waals surface area contributed by atoms with Gasteiger partial charge in [0.25, 0.3) is 0 Å². The first-order chi connectivity index (χ1) is 12.7. The standard InChI is InChI=1S/C19H15N5O2/c20-19(25)22-21-11-14-12-24(15-7-2-1-3-8-15)23-18(14)17-10-13-6-4-5-9-16(13)26-17/h1-12H,(H3,20,22,25)/b21-11-. The Morgan fingerprint density at radius 3 is 2.69 bits per heavy atom. The number of nitrogens with two attached hydrogens (primary N) is 1. The zero-order valence-electron chi connectivity index (χ0n) is 13.7. The maximum atomic E-state index is 10.8. The van der Waals surface area contributed by atoms with E-state index >= 15 is 0 Å². The van der Waals surface area contributed by atoms with Gasteiger partial charge in [-0.3, -0.25) is 0 Å². The second-order valence-corrected chi connectivity index (χ2v) is 5.60. The minimum Gasteiger partial charge on any atom is -0.454 e. The predicted octanol–water partition coefficient (Wildman–Crippen LogP) is 3.29. The lowest BCUT2D eigenvalue weighted by molar-refractivity contribution is 0.249. The molecule has 0 aliphatic carbocycles. The van der Waals surface area contributed by atoms with Gasteiger partial charge in [-0.1, -0.05) is 36.4 Å². The van der Waals surface area contributed by atoms with Crippen molar-refractivity contribution < 1.29 is 9.21 Å². The summed E-state index contributed by atoms with van der Waals surface area (Å²) in [5.74, 6) is 0.612. The van der Waals surface area contributed by atoms with Gasteiger partial charge in [0.1, 0.15) is 11.3 Å². The minimum absolute atomic E-state index is 0.611. The number of amides is 2. The first-order valence-electron chi connectivity index (χ1n) is 7.93. The van der Waals surface area contributed by atoms with E-state index in [1.54, 1.807) is 4.68 Å². The molecule has 4 rings (SSSR count). The highest BCUT2D eigenvalue weighted by Gasteiger charge is 2.15. The molecule has 0 bridgehead atoms. The summed E-state index contributed by atoms with van der Waals surface area (Å²) in [6.07, 6.45) is 3.30. The van der Waals surface area contributed by atoms with Gasteiger partial charge in [0.2, 0.25) is 0 Å². The Kier molecular flexibility index (Phi) is 3.95. The van der Waals surface area contributed by atoms with Gasteiger partial charge in [0.15, 0.2) is 5.76 Å². The average molecular weight is 345 g/mol. The molecule has 2 aromatic carbocycles. The van der Waals surface area contributed by atoms with Crippen molar-refractivity contribution in [3.05, 3.63) is 72.4 Å². The van der Waals surface area contributed by atoms with Gasteiger partial charge in [-0.25, -0.2) is 14.9 Å². The first kappa shape index (κ1) is 15.6. The minimum atomic E-state index is -0.734. The Morgan fingerprint density at radius 1 is 1.15 bits per heavy atom. The molecule has 0 spiro atoms. The zero-order valence-corrected chi connectivity index (χ0v) is 13.7. The Bertz CT molecular complexity index is 1060. The number of nitrogens with one attached hydrogen (secondary N) is 1. The molecule has 26 heavy (non-hydrogen) atoms. The van der Waals surface area contributed by atoms with Gasteiger partial charge in [0, 0.05) is 17.1 Å². The molecule has 0 saturated carbocycles. The number of nitrogens with zero attached hydrogens (tertiary/aromatic N) is 3. The second kappa shape index (κ2) is 6.56. The number of primary amides is 1. The lowest BCUT2D eigenvalue weighted by atomic mass is 10.2. The maximum Gasteiger partial charge on any atom is 0.332 e. The van der Waals surface area contributed by atoms with Gasteiger partial charge in [-0.2, -0.15) is 10.2 Å². The number of hydrogen-bond donors (Lipinski definition) is 2. The van der Waals surface area contributed by atoms with Crippen molar-refractivity contribution in [1.82, 2.24) is 15.2 Å². The number of urea groups is 1. The van der Waals surface area contributed by atoms with Crippen LogP contribution in [0, 0.1) is 0 Å². The number of benzene rings is 2. The SMILES string of the molecule is NC(=O)N/N=C\c1cn(-c2ccccc2)nc1-c1cc2ccccc2o1. The fourth-order valence-corrected chi connectivity index (χ4v) is 2.65. The lowest BCUT2D eigenvalue weighted by Gasteiger charge is -1.98. The quantitative estimate of drug-likeness (QED) is 0.438. The molecule has 2 aromatic heterocycles. The lowest BCUT2D eigenvalue weighted by Crippen LogP contribution is -2.24. The molecule has 2 amide bonds. The third-order valence-electron chi connectivity index (χ3n) is 3.80. The van der Waals surface area contributed by atoms with Crippen molar-refractivity contribution in [2.45, 2.75) is 0 Å². The van der Waals surface area contributed by atoms with Gasteiger partial charge in [-0.05, 0) is 24.3 Å². The molecular formula is C19H15N5O2. The van der Waals surface area contributed by atoms with Gasteiger partial charge in [0.05, 0.1) is 11.9 Å². The molecular weight excluding hydrogens is 330 g/mol. The highest BCUT2D eigenvalue weighted by Crippen LogP contribution is 2.29. The van der Waals surface area contributed by atoms with E-state index in [2.05, 4.69) is 15.6 Å². The van der Waals surface area contributed by atoms with Crippen LogP contribution in [0.4, 0.5) is 4.79 Å². The van der Waals surface area contributed by atoms with Crippen LogP contribution in [0.3, 0.4) is 0 Å². The summed E-state index contributed by atoms with van der Waals surface area (Å²) in [6.45, 7) is 0. The van der Waals surface area contributed by atoms with Crippen molar-refractivity contribution in [2.24, 2.45) is 10.8 Å². The maximum absolute atomic E-state index is 10.8. The molecule has 2 heterocycles. The Hall–Kier alpha value is -3.87. The number of fused-ring (bicyclic) bond motifs is 1. The molecule has 0 aliphatic rings. The van der Waals surface area contributed by atoms with E-state index in [0.29, 0.717) is 17.0 Å². The Balaban J connectivity index is 1.81. The fraction of sp³-hybridized carbons (Fsp3) is 0. The van der Waals surface area contributed by atoms with Crippen LogP contribution in [0.25, 0.3) is 28.1 Å². The highest BCUT2D eigenvalue weighted by molar-refractivity contribution is 5.91. The molecule has 0 saturated heterocycles. The van der Waals surface area contributed by atoms with Crippen LogP contribution in [0.5, 0.6) is 0 Å². The number of hydrazone groups is 1. The van der Waals surface area contributed by atoms with E-state index in [4.69, 9.17) is 10.2 Å². The number of furan rings is 1. The topological polar surface area (TPSA) is 98.4 Å². The molecule has 128 valence electrons. The Morgan fingerprint density at radius 2 is 1.92 bits per heavy atom. The average Bonchev–Trinajstić information content (AvgIpc) is 3.26. The molecule has 4 aromatic rings. The molecule has 0 fully saturated rings. The summed E-state index contributed by atoms with van der Waals surface area (Å²) < 4.78 is 7.65. The molecule has 0 aliphatic heterocycles. The van der Waals surface area contributed by atoms with Crippen LogP contribution < -0.4 is 11.2 Å². The van der Waals surface area contributed by atoms with Crippen molar-refractivity contribution in [3.63, 3.8) is 0 Å². The van der Waals surface area contributed by atoms with Crippen molar-refractivity contribution in [1.29, 1.82) is 0 Å². The van der Waals surface area contributed by atoms with E-state index in [0.717, 1.165) is 16.7 Å². The van der Waals surface area contributed by atoms with E-state index in [-0.39, 0.29) is 0 Å². The van der Waals surface area contributed by atoms with Crippen LogP contribution in [0.1, 0.15) is 5.56 Å². The van der Waals surface area contributed by atoms with Crippen molar-refractivity contribution in [2.75, 3.05) is 0 Å². The van der Waals surface area contributed by atoms with Crippen molar-refractivity contribution >= 4 is 23.2 Å². The number of carbonyl (C=O) groups excluding carboxylic acids is 1. The summed E-state index contributed by atoms with van der Waals surface area (Å²) in [5, 5.41) is 9.46. The number of carbonyl (C=O) groups is 1. The molecule has 0 radical (unpaired) electrons. The number of rotatable bonds is 4. The summed E-state index contributed by atoms with van der Waals surface area (Å²) >= 11 is 0. The molecule has 3 N–H and O–H groups in total. The third-order valence-corrected chi connectivity index (χ3v) is 3.80. The molecule has 0 atom stereocenters. The van der Waals surface area contributed by atoms with Crippen LogP contribution >= 0.6 is 0 Å². The van der Waals surface area contributed by atoms with Crippen LogP contribution in [-0.2, 0) is 0 Å². The predicted molar refractivity (Wildman–Crippen MR) is 99.1 cm³/mol. The van der Waals surface area contributed by atoms with Crippen LogP contribution in [0.2, 0.25) is 0 Å². The summed E-state index contributed by atoms with van der Waals surface area (Å²) in [5.41, 5.74) is 10.2. The monoisotopic (exact) mass is 345 g/mol. The van der Waals surface area contributed by atoms with Gasteiger partial charge in [-0.15, -0.1) is 0 Å². The molecule has 0 unspecified atom stereocenters. The molecule has 7 nitrogen and oxygen atoms in total. The second-order valence-electron chi connectivity index (χ2n) is 5.60. The summed E-state index contributed by atoms with van der Waals surface area (Å²) in [6, 6.07) is 18.6. The smallest absolute Gasteiger partial charge is 0.332 e. The van der Waals surface area contributed by atoms with Crippen LogP contribution in [0.15, 0.2) is 76.4 Å². The number of aromatic nitrogens is 2. The van der Waals surface area contributed by atoms with E-state index < -0.39 is 6.03 Å². The summed E-state index contributed by atoms with van der Waals surface area (Å²) in [7, 11) is 0. The number of hydrogen-bond acceptors (Lipinski definition) is 4. The van der Waals surface area contributed by atoms with Gasteiger partial charge < -0.3 is 10.2 Å². The summed E-state index contributed by atoms with van der Waals surface area (Å²) in [4.78, 5) is 10.8.